The summed E-state index contributed by atoms with van der Waals surface area (Å²) in [5.41, 5.74) is 0. The summed E-state index contributed by atoms with van der Waals surface area (Å²) in [6.45, 7) is 4.74. The van der Waals surface area contributed by atoms with Crippen LogP contribution in [-0.2, 0) is 9.47 Å². The second-order valence-corrected chi connectivity index (χ2v) is 5.23. The van der Waals surface area contributed by atoms with E-state index in [-0.39, 0.29) is 0 Å². The first-order valence-corrected chi connectivity index (χ1v) is 7.34. The monoisotopic (exact) mass is 238 g/mol. The number of ether oxygens (including phenoxy) is 2. The fourth-order valence-corrected chi connectivity index (χ4v) is 2.70. The lowest BCUT2D eigenvalue weighted by Gasteiger charge is -2.03. The standard InChI is InChI=1S/C9H18O3S2/c1-3-5-7-13-14-8-6-12-9(10)11-4-2/h3-8H2,1-2H3. The molecule has 0 N–H and O–H groups in total. The van der Waals surface area contributed by atoms with Crippen molar-refractivity contribution in [3.05, 3.63) is 0 Å². The van der Waals surface area contributed by atoms with Crippen LogP contribution in [0.25, 0.3) is 0 Å². The first kappa shape index (κ1) is 14.0. The van der Waals surface area contributed by atoms with Crippen molar-refractivity contribution in [1.29, 1.82) is 0 Å². The highest BCUT2D eigenvalue weighted by molar-refractivity contribution is 8.76. The van der Waals surface area contributed by atoms with Gasteiger partial charge in [-0.25, -0.2) is 4.79 Å². The van der Waals surface area contributed by atoms with Crippen LogP contribution < -0.4 is 0 Å². The van der Waals surface area contributed by atoms with Crippen molar-refractivity contribution in [3.8, 4) is 0 Å². The smallest absolute Gasteiger partial charge is 0.435 e. The van der Waals surface area contributed by atoms with E-state index in [1.807, 2.05) is 10.8 Å². The zero-order chi connectivity index (χ0) is 10.6. The Morgan fingerprint density at radius 3 is 2.50 bits per heavy atom. The normalized spacial score (nSPS) is 9.86. The van der Waals surface area contributed by atoms with Crippen LogP contribution in [-0.4, -0.2) is 30.9 Å². The predicted molar refractivity (Wildman–Crippen MR) is 62.8 cm³/mol. The molecule has 0 heterocycles. The fraction of sp³-hybridized carbons (Fsp3) is 0.889. The fourth-order valence-electron chi connectivity index (χ4n) is 0.640. The van der Waals surface area contributed by atoms with E-state index in [0.717, 1.165) is 5.75 Å². The summed E-state index contributed by atoms with van der Waals surface area (Å²) < 4.78 is 9.40. The zero-order valence-electron chi connectivity index (χ0n) is 8.78. The van der Waals surface area contributed by atoms with Crippen molar-refractivity contribution in [2.45, 2.75) is 26.7 Å². The second kappa shape index (κ2) is 11.0. The minimum absolute atomic E-state index is 0.372. The van der Waals surface area contributed by atoms with Gasteiger partial charge in [0.2, 0.25) is 0 Å². The minimum Gasteiger partial charge on any atom is -0.435 e. The maximum Gasteiger partial charge on any atom is 0.508 e. The topological polar surface area (TPSA) is 35.5 Å². The molecule has 0 amide bonds. The van der Waals surface area contributed by atoms with Gasteiger partial charge in [0, 0.05) is 11.5 Å². The highest BCUT2D eigenvalue weighted by atomic mass is 33.1. The number of carbonyl (C=O) groups excluding carboxylic acids is 1. The molecule has 0 bridgehead atoms. The van der Waals surface area contributed by atoms with E-state index in [2.05, 4.69) is 11.7 Å². The number of hydrogen-bond donors (Lipinski definition) is 0. The Morgan fingerprint density at radius 2 is 1.86 bits per heavy atom. The van der Waals surface area contributed by atoms with Gasteiger partial charge in [0.25, 0.3) is 0 Å². The molecule has 0 radical (unpaired) electrons. The molecule has 0 aliphatic rings. The maximum atomic E-state index is 10.7. The van der Waals surface area contributed by atoms with Crippen LogP contribution in [0.3, 0.4) is 0 Å². The van der Waals surface area contributed by atoms with Crippen molar-refractivity contribution >= 4 is 27.7 Å². The van der Waals surface area contributed by atoms with E-state index < -0.39 is 6.16 Å². The number of hydrogen-bond acceptors (Lipinski definition) is 5. The Bertz CT molecular complexity index is 142. The third-order valence-corrected chi connectivity index (χ3v) is 3.77. The van der Waals surface area contributed by atoms with Crippen molar-refractivity contribution in [2.24, 2.45) is 0 Å². The van der Waals surface area contributed by atoms with Gasteiger partial charge in [0.15, 0.2) is 0 Å². The molecule has 84 valence electrons. The lowest BCUT2D eigenvalue weighted by atomic mass is 10.4. The number of unbranched alkanes of at least 4 members (excludes halogenated alkanes) is 1. The van der Waals surface area contributed by atoms with E-state index >= 15 is 0 Å². The van der Waals surface area contributed by atoms with Gasteiger partial charge in [-0.2, -0.15) is 0 Å². The van der Waals surface area contributed by atoms with Crippen LogP contribution in [0, 0.1) is 0 Å². The van der Waals surface area contributed by atoms with E-state index in [0.29, 0.717) is 13.2 Å². The van der Waals surface area contributed by atoms with Crippen LogP contribution in [0.2, 0.25) is 0 Å². The van der Waals surface area contributed by atoms with Gasteiger partial charge < -0.3 is 9.47 Å². The van der Waals surface area contributed by atoms with Crippen molar-refractivity contribution < 1.29 is 14.3 Å². The molecular formula is C9H18O3S2. The first-order chi connectivity index (χ1) is 6.81. The molecule has 0 rings (SSSR count). The molecule has 14 heavy (non-hydrogen) atoms. The second-order valence-electron chi connectivity index (χ2n) is 2.53. The van der Waals surface area contributed by atoms with Gasteiger partial charge >= 0.3 is 6.16 Å². The van der Waals surface area contributed by atoms with Crippen molar-refractivity contribution in [1.82, 2.24) is 0 Å². The molecule has 0 saturated carbocycles. The molecule has 0 aliphatic carbocycles. The lowest BCUT2D eigenvalue weighted by molar-refractivity contribution is 0.0638. The molecule has 3 nitrogen and oxygen atoms in total. The van der Waals surface area contributed by atoms with E-state index in [9.17, 15) is 4.79 Å². The molecular weight excluding hydrogens is 220 g/mol. The first-order valence-electron chi connectivity index (χ1n) is 4.85. The van der Waals surface area contributed by atoms with E-state index in [4.69, 9.17) is 4.74 Å². The van der Waals surface area contributed by atoms with Crippen LogP contribution >= 0.6 is 21.6 Å². The average molecular weight is 238 g/mol. The number of rotatable bonds is 8. The summed E-state index contributed by atoms with van der Waals surface area (Å²) in [5.74, 6) is 1.99. The molecule has 0 aromatic carbocycles. The third-order valence-electron chi connectivity index (χ3n) is 1.31. The summed E-state index contributed by atoms with van der Waals surface area (Å²) in [6.07, 6.45) is 1.91. The molecule has 0 atom stereocenters. The van der Waals surface area contributed by atoms with Crippen molar-refractivity contribution in [3.63, 3.8) is 0 Å². The molecule has 0 fully saturated rings. The summed E-state index contributed by atoms with van der Waals surface area (Å²) in [4.78, 5) is 10.7. The molecule has 0 aliphatic heterocycles. The maximum absolute atomic E-state index is 10.7. The minimum atomic E-state index is -0.563. The lowest BCUT2D eigenvalue weighted by Crippen LogP contribution is -2.08. The predicted octanol–water partition coefficient (Wildman–Crippen LogP) is 3.34. The molecule has 0 saturated heterocycles. The van der Waals surface area contributed by atoms with Crippen LogP contribution in [0.4, 0.5) is 4.79 Å². The van der Waals surface area contributed by atoms with Gasteiger partial charge in [-0.15, -0.1) is 0 Å². The van der Waals surface area contributed by atoms with Crippen LogP contribution in [0.5, 0.6) is 0 Å². The average Bonchev–Trinajstić information content (AvgIpc) is 2.17. The molecule has 0 aromatic rings. The molecule has 0 unspecified atom stereocenters. The molecule has 5 heteroatoms. The summed E-state index contributed by atoms with van der Waals surface area (Å²) >= 11 is 0. The summed E-state index contributed by atoms with van der Waals surface area (Å²) in [6, 6.07) is 0. The largest absolute Gasteiger partial charge is 0.508 e. The number of carbonyl (C=O) groups is 1. The van der Waals surface area contributed by atoms with Crippen LogP contribution in [0.15, 0.2) is 0 Å². The van der Waals surface area contributed by atoms with Crippen LogP contribution in [0.1, 0.15) is 26.7 Å². The van der Waals surface area contributed by atoms with Gasteiger partial charge in [0.1, 0.15) is 6.61 Å². The van der Waals surface area contributed by atoms with Crippen molar-refractivity contribution in [2.75, 3.05) is 24.7 Å². The SMILES string of the molecule is CCCCSSCCOC(=O)OCC. The van der Waals surface area contributed by atoms with E-state index in [1.165, 1.54) is 18.6 Å². The third kappa shape index (κ3) is 10.1. The summed E-state index contributed by atoms with van der Waals surface area (Å²) in [5, 5.41) is 0. The van der Waals surface area contributed by atoms with Gasteiger partial charge in [-0.1, -0.05) is 34.9 Å². The Kier molecular flexibility index (Phi) is 11.0. The van der Waals surface area contributed by atoms with Gasteiger partial charge in [-0.05, 0) is 13.3 Å². The van der Waals surface area contributed by atoms with Gasteiger partial charge in [0.05, 0.1) is 6.61 Å². The Labute approximate surface area is 93.7 Å². The Hall–Kier alpha value is -0.0300. The molecule has 0 aromatic heterocycles. The Morgan fingerprint density at radius 1 is 1.14 bits per heavy atom. The highest BCUT2D eigenvalue weighted by Crippen LogP contribution is 2.21. The quantitative estimate of drug-likeness (QED) is 0.368. The molecule has 0 spiro atoms. The Balaban J connectivity index is 3.01. The van der Waals surface area contributed by atoms with E-state index in [1.54, 1.807) is 17.7 Å². The highest BCUT2D eigenvalue weighted by Gasteiger charge is 2.00. The van der Waals surface area contributed by atoms with Gasteiger partial charge in [-0.3, -0.25) is 0 Å². The zero-order valence-corrected chi connectivity index (χ0v) is 10.4. The summed E-state index contributed by atoms with van der Waals surface area (Å²) in [7, 11) is 3.56.